The normalized spacial score (nSPS) is 22.1. The van der Waals surface area contributed by atoms with E-state index in [1.54, 1.807) is 7.11 Å². The summed E-state index contributed by atoms with van der Waals surface area (Å²) in [7, 11) is 3.06. The molecule has 2 atom stereocenters. The van der Waals surface area contributed by atoms with E-state index < -0.39 is 0 Å². The Balaban J connectivity index is 0.000000561. The van der Waals surface area contributed by atoms with Crippen molar-refractivity contribution in [1.29, 1.82) is 0 Å². The lowest BCUT2D eigenvalue weighted by molar-refractivity contribution is -0.121. The number of hydrogen-bond donors (Lipinski definition) is 2. The molecule has 1 aromatic carbocycles. The summed E-state index contributed by atoms with van der Waals surface area (Å²) in [4.78, 5) is 11.7. The summed E-state index contributed by atoms with van der Waals surface area (Å²) in [6, 6.07) is 3.85. The first kappa shape index (κ1) is 18.5. The Labute approximate surface area is 133 Å². The van der Waals surface area contributed by atoms with Gasteiger partial charge in [-0.3, -0.25) is 4.79 Å². The molecule has 124 valence electrons. The molecule has 1 aromatic rings. The molecule has 2 aliphatic carbocycles. The second kappa shape index (κ2) is 8.79. The van der Waals surface area contributed by atoms with Crippen molar-refractivity contribution in [2.45, 2.75) is 51.9 Å². The number of phenolic OH excluding ortho intramolecular Hbond substituents is 1. The second-order valence-corrected chi connectivity index (χ2v) is 5.38. The van der Waals surface area contributed by atoms with E-state index in [2.05, 4.69) is 5.73 Å². The number of nitrogens with two attached hydrogens (primary N) is 1. The average Bonchev–Trinajstić information content (AvgIpc) is 2.58. The van der Waals surface area contributed by atoms with Gasteiger partial charge >= 0.3 is 0 Å². The topological polar surface area (TPSA) is 72.6 Å². The lowest BCUT2D eigenvalue weighted by Crippen LogP contribution is -2.28. The van der Waals surface area contributed by atoms with Crippen LogP contribution in [0.2, 0.25) is 0 Å². The fourth-order valence-corrected chi connectivity index (χ4v) is 3.51. The molecule has 3 N–H and O–H groups in total. The fourth-order valence-electron chi connectivity index (χ4n) is 3.51. The predicted molar refractivity (Wildman–Crippen MR) is 89.5 cm³/mol. The zero-order chi connectivity index (χ0) is 16.7. The number of rotatable bonds is 1. The van der Waals surface area contributed by atoms with Crippen LogP contribution in [0.15, 0.2) is 12.1 Å². The van der Waals surface area contributed by atoms with Crippen molar-refractivity contribution < 1.29 is 14.6 Å². The molecule has 1 saturated carbocycles. The molecule has 0 aliphatic heterocycles. The average molecular weight is 307 g/mol. The van der Waals surface area contributed by atoms with Crippen LogP contribution in [0.5, 0.6) is 11.5 Å². The number of methoxy groups -OCH3 is 1. The van der Waals surface area contributed by atoms with Crippen LogP contribution in [-0.4, -0.2) is 25.0 Å². The van der Waals surface area contributed by atoms with E-state index in [4.69, 9.17) is 4.74 Å². The van der Waals surface area contributed by atoms with Crippen molar-refractivity contribution in [2.75, 3.05) is 14.2 Å². The predicted octanol–water partition coefficient (Wildman–Crippen LogP) is 3.40. The molecule has 0 saturated heterocycles. The van der Waals surface area contributed by atoms with Crippen molar-refractivity contribution in [3.05, 3.63) is 23.3 Å². The zero-order valence-corrected chi connectivity index (χ0v) is 14.2. The van der Waals surface area contributed by atoms with E-state index in [1.807, 2.05) is 26.0 Å². The zero-order valence-electron chi connectivity index (χ0n) is 14.2. The van der Waals surface area contributed by atoms with Gasteiger partial charge in [0, 0.05) is 18.4 Å². The second-order valence-electron chi connectivity index (χ2n) is 5.38. The van der Waals surface area contributed by atoms with Gasteiger partial charge in [-0.15, -0.1) is 0 Å². The monoisotopic (exact) mass is 307 g/mol. The van der Waals surface area contributed by atoms with Crippen LogP contribution < -0.4 is 10.5 Å². The summed E-state index contributed by atoms with van der Waals surface area (Å²) < 4.78 is 5.18. The lowest BCUT2D eigenvalue weighted by atomic mass is 9.67. The van der Waals surface area contributed by atoms with E-state index in [1.165, 1.54) is 12.6 Å². The summed E-state index contributed by atoms with van der Waals surface area (Å²) in [5.41, 5.74) is 6.66. The number of benzene rings is 1. The smallest absolute Gasteiger partial charge is 0.161 e. The minimum Gasteiger partial charge on any atom is -0.504 e. The van der Waals surface area contributed by atoms with Gasteiger partial charge in [0.15, 0.2) is 11.5 Å². The SMILES string of the molecule is CC.CN.COc1ccc2c(c1O)C1CC(=O)CCC1CC2. The van der Waals surface area contributed by atoms with Gasteiger partial charge in [0.25, 0.3) is 0 Å². The highest BCUT2D eigenvalue weighted by Crippen LogP contribution is 2.49. The van der Waals surface area contributed by atoms with Gasteiger partial charge in [-0.25, -0.2) is 0 Å². The number of aryl methyl sites for hydroxylation is 1. The van der Waals surface area contributed by atoms with Crippen LogP contribution in [0.4, 0.5) is 0 Å². The number of Topliss-reactive ketones (excluding diaryl/α,β-unsaturated/α-hetero) is 1. The Morgan fingerprint density at radius 2 is 1.82 bits per heavy atom. The summed E-state index contributed by atoms with van der Waals surface area (Å²) in [6.07, 6.45) is 4.40. The van der Waals surface area contributed by atoms with Crippen LogP contribution in [0.3, 0.4) is 0 Å². The maximum atomic E-state index is 11.7. The van der Waals surface area contributed by atoms with Gasteiger partial charge in [0.1, 0.15) is 5.78 Å². The number of fused-ring (bicyclic) bond motifs is 3. The molecule has 0 bridgehead atoms. The van der Waals surface area contributed by atoms with Gasteiger partial charge in [-0.1, -0.05) is 19.9 Å². The third-order valence-electron chi connectivity index (χ3n) is 4.46. The number of carbonyl (C=O) groups excluding carboxylic acids is 1. The Morgan fingerprint density at radius 3 is 2.45 bits per heavy atom. The van der Waals surface area contributed by atoms with Crippen molar-refractivity contribution in [2.24, 2.45) is 11.7 Å². The van der Waals surface area contributed by atoms with Gasteiger partial charge in [0.05, 0.1) is 7.11 Å². The molecule has 0 aromatic heterocycles. The summed E-state index contributed by atoms with van der Waals surface area (Å²) in [6.45, 7) is 4.00. The highest BCUT2D eigenvalue weighted by Gasteiger charge is 2.37. The van der Waals surface area contributed by atoms with Crippen LogP contribution in [0, 0.1) is 5.92 Å². The molecular weight excluding hydrogens is 278 g/mol. The first-order valence-electron chi connectivity index (χ1n) is 8.19. The molecule has 4 heteroatoms. The number of carbonyl (C=O) groups is 1. The van der Waals surface area contributed by atoms with E-state index >= 15 is 0 Å². The van der Waals surface area contributed by atoms with Gasteiger partial charge < -0.3 is 15.6 Å². The number of ether oxygens (including phenoxy) is 1. The lowest BCUT2D eigenvalue weighted by Gasteiger charge is -2.37. The molecule has 0 radical (unpaired) electrons. The maximum Gasteiger partial charge on any atom is 0.161 e. The number of hydrogen-bond acceptors (Lipinski definition) is 4. The molecule has 0 heterocycles. The Morgan fingerprint density at radius 1 is 1.18 bits per heavy atom. The first-order valence-corrected chi connectivity index (χ1v) is 8.19. The summed E-state index contributed by atoms with van der Waals surface area (Å²) in [5, 5.41) is 10.3. The molecule has 22 heavy (non-hydrogen) atoms. The molecule has 2 aliphatic rings. The van der Waals surface area contributed by atoms with Crippen LogP contribution in [0.25, 0.3) is 0 Å². The summed E-state index contributed by atoms with van der Waals surface area (Å²) in [5.74, 6) is 1.84. The molecular formula is C18H29NO3. The number of phenols is 1. The Kier molecular flexibility index (Phi) is 7.39. The van der Waals surface area contributed by atoms with Crippen LogP contribution in [-0.2, 0) is 11.2 Å². The number of aromatic hydroxyl groups is 1. The summed E-state index contributed by atoms with van der Waals surface area (Å²) >= 11 is 0. The Bertz CT molecular complexity index is 499. The minimum absolute atomic E-state index is 0.199. The molecule has 4 nitrogen and oxygen atoms in total. The first-order chi connectivity index (χ1) is 10.7. The van der Waals surface area contributed by atoms with Crippen molar-refractivity contribution in [1.82, 2.24) is 0 Å². The van der Waals surface area contributed by atoms with Gasteiger partial charge in [-0.2, -0.15) is 0 Å². The van der Waals surface area contributed by atoms with Crippen LogP contribution in [0.1, 0.15) is 56.6 Å². The van der Waals surface area contributed by atoms with E-state index in [0.29, 0.717) is 30.3 Å². The van der Waals surface area contributed by atoms with Gasteiger partial charge in [0.2, 0.25) is 0 Å². The van der Waals surface area contributed by atoms with Crippen molar-refractivity contribution in [3.63, 3.8) is 0 Å². The van der Waals surface area contributed by atoms with Crippen molar-refractivity contribution >= 4 is 5.78 Å². The third-order valence-corrected chi connectivity index (χ3v) is 4.46. The van der Waals surface area contributed by atoms with E-state index in [9.17, 15) is 9.90 Å². The molecule has 1 fully saturated rings. The Hall–Kier alpha value is -1.55. The van der Waals surface area contributed by atoms with Gasteiger partial charge in [-0.05, 0) is 49.8 Å². The quantitative estimate of drug-likeness (QED) is 0.834. The fraction of sp³-hybridized carbons (Fsp3) is 0.611. The molecule has 0 spiro atoms. The van der Waals surface area contributed by atoms with Crippen molar-refractivity contribution in [3.8, 4) is 11.5 Å². The van der Waals surface area contributed by atoms with Crippen LogP contribution >= 0.6 is 0 Å². The molecule has 2 unspecified atom stereocenters. The van der Waals surface area contributed by atoms with E-state index in [-0.39, 0.29) is 11.7 Å². The third kappa shape index (κ3) is 3.61. The minimum atomic E-state index is 0.199. The standard InChI is InChI=1S/C15H18O3.C2H6.CH5N/c1-18-13-7-5-10-3-2-9-4-6-11(16)8-12(9)14(10)15(13)17;2*1-2/h5,7,9,12,17H,2-4,6,8H2,1H3;1-2H3;2H2,1H3. The maximum absolute atomic E-state index is 11.7. The van der Waals surface area contributed by atoms with E-state index in [0.717, 1.165) is 24.8 Å². The molecule has 3 rings (SSSR count). The highest BCUT2D eigenvalue weighted by molar-refractivity contribution is 5.80. The molecule has 0 amide bonds. The number of ketones is 1. The highest BCUT2D eigenvalue weighted by atomic mass is 16.5. The largest absolute Gasteiger partial charge is 0.504 e.